The van der Waals surface area contributed by atoms with Crippen molar-refractivity contribution in [1.29, 1.82) is 0 Å². The van der Waals surface area contributed by atoms with Gasteiger partial charge in [0.05, 0.1) is 20.8 Å². The Hall–Kier alpha value is -1.99. The van der Waals surface area contributed by atoms with E-state index in [4.69, 9.17) is 18.9 Å². The highest BCUT2D eigenvalue weighted by Crippen LogP contribution is 2.38. The molecular weight excluding hydrogens is 324 g/mol. The predicted octanol–water partition coefficient (Wildman–Crippen LogP) is 1.70. The zero-order valence-corrected chi connectivity index (χ0v) is 15.2. The second-order valence-electron chi connectivity index (χ2n) is 6.06. The lowest BCUT2D eigenvalue weighted by Crippen LogP contribution is -2.47. The Balaban J connectivity index is 2.13. The Morgan fingerprint density at radius 1 is 1.12 bits per heavy atom. The number of carbonyl (C=O) groups excluding carboxylic acids is 1. The zero-order valence-electron chi connectivity index (χ0n) is 15.2. The molecule has 0 unspecified atom stereocenters. The van der Waals surface area contributed by atoms with E-state index in [0.717, 1.165) is 18.4 Å². The molecule has 2 amide bonds. The number of benzene rings is 1. The predicted molar refractivity (Wildman–Crippen MR) is 94.6 cm³/mol. The summed E-state index contributed by atoms with van der Waals surface area (Å²) >= 11 is 0. The van der Waals surface area contributed by atoms with E-state index in [1.165, 1.54) is 0 Å². The smallest absolute Gasteiger partial charge is 0.314 e. The van der Waals surface area contributed by atoms with Crippen LogP contribution in [0.2, 0.25) is 0 Å². The second kappa shape index (κ2) is 9.48. The minimum atomic E-state index is -0.191. The fraction of sp³-hybridized carbons (Fsp3) is 0.611. The largest absolute Gasteiger partial charge is 0.493 e. The standard InChI is InChI=1S/C18H28N2O5/c1-22-11-8-19-17(21)20-13-18(6-9-25-10-7-18)14-4-5-15(23-2)16(12-14)24-3/h4-5,12H,6-11,13H2,1-3H3,(H2,19,20,21). The fourth-order valence-corrected chi connectivity index (χ4v) is 3.07. The summed E-state index contributed by atoms with van der Waals surface area (Å²) in [4.78, 5) is 12.0. The number of hydrogen-bond acceptors (Lipinski definition) is 5. The molecule has 0 aliphatic carbocycles. The first kappa shape index (κ1) is 19.3. The summed E-state index contributed by atoms with van der Waals surface area (Å²) in [6, 6.07) is 5.75. The van der Waals surface area contributed by atoms with Crippen molar-refractivity contribution in [2.75, 3.05) is 54.2 Å². The van der Waals surface area contributed by atoms with Crippen LogP contribution in [0.15, 0.2) is 18.2 Å². The molecule has 0 radical (unpaired) electrons. The number of nitrogens with one attached hydrogen (secondary N) is 2. The molecule has 0 spiro atoms. The summed E-state index contributed by atoms with van der Waals surface area (Å²) in [6.45, 7) is 2.84. The first-order valence-electron chi connectivity index (χ1n) is 8.46. The van der Waals surface area contributed by atoms with Gasteiger partial charge in [0.1, 0.15) is 0 Å². The Morgan fingerprint density at radius 2 is 1.84 bits per heavy atom. The molecule has 7 nitrogen and oxygen atoms in total. The van der Waals surface area contributed by atoms with E-state index < -0.39 is 0 Å². The number of methoxy groups -OCH3 is 3. The first-order valence-corrected chi connectivity index (χ1v) is 8.46. The molecule has 2 rings (SSSR count). The Kier molecular flexibility index (Phi) is 7.33. The number of rotatable bonds is 8. The van der Waals surface area contributed by atoms with Crippen molar-refractivity contribution < 1.29 is 23.7 Å². The molecule has 0 saturated carbocycles. The zero-order chi connectivity index (χ0) is 18.1. The highest BCUT2D eigenvalue weighted by Gasteiger charge is 2.35. The van der Waals surface area contributed by atoms with Crippen molar-refractivity contribution in [2.45, 2.75) is 18.3 Å². The minimum absolute atomic E-state index is 0.184. The molecule has 1 saturated heterocycles. The van der Waals surface area contributed by atoms with Gasteiger partial charge in [-0.05, 0) is 30.5 Å². The first-order chi connectivity index (χ1) is 12.1. The van der Waals surface area contributed by atoms with E-state index in [-0.39, 0.29) is 11.4 Å². The topological polar surface area (TPSA) is 78.1 Å². The Labute approximate surface area is 149 Å². The molecule has 1 aliphatic heterocycles. The van der Waals surface area contributed by atoms with Crippen molar-refractivity contribution in [2.24, 2.45) is 0 Å². The molecule has 0 atom stereocenters. The van der Waals surface area contributed by atoms with Gasteiger partial charge in [-0.1, -0.05) is 6.07 Å². The summed E-state index contributed by atoms with van der Waals surface area (Å²) in [6.07, 6.45) is 1.67. The highest BCUT2D eigenvalue weighted by molar-refractivity contribution is 5.74. The van der Waals surface area contributed by atoms with Gasteiger partial charge in [-0.2, -0.15) is 0 Å². The van der Waals surface area contributed by atoms with Crippen LogP contribution >= 0.6 is 0 Å². The van der Waals surface area contributed by atoms with E-state index in [9.17, 15) is 4.79 Å². The van der Waals surface area contributed by atoms with Crippen molar-refractivity contribution in [1.82, 2.24) is 10.6 Å². The Morgan fingerprint density at radius 3 is 2.48 bits per heavy atom. The summed E-state index contributed by atoms with van der Waals surface area (Å²) in [5, 5.41) is 5.77. The maximum absolute atomic E-state index is 12.0. The minimum Gasteiger partial charge on any atom is -0.493 e. The van der Waals surface area contributed by atoms with Gasteiger partial charge in [0.25, 0.3) is 0 Å². The summed E-state index contributed by atoms with van der Waals surface area (Å²) in [5.74, 6) is 1.38. The van der Waals surface area contributed by atoms with Crippen LogP contribution in [0.25, 0.3) is 0 Å². The van der Waals surface area contributed by atoms with Gasteiger partial charge in [-0.25, -0.2) is 4.79 Å². The van der Waals surface area contributed by atoms with Crippen LogP contribution in [-0.2, 0) is 14.9 Å². The lowest BCUT2D eigenvalue weighted by molar-refractivity contribution is 0.0506. The number of urea groups is 1. The molecular formula is C18H28N2O5. The molecule has 1 fully saturated rings. The van der Waals surface area contributed by atoms with Crippen LogP contribution in [0.5, 0.6) is 11.5 Å². The van der Waals surface area contributed by atoms with Gasteiger partial charge >= 0.3 is 6.03 Å². The van der Waals surface area contributed by atoms with Crippen LogP contribution in [0.1, 0.15) is 18.4 Å². The number of ether oxygens (including phenoxy) is 4. The summed E-state index contributed by atoms with van der Waals surface area (Å²) in [7, 11) is 4.85. The molecule has 7 heteroatoms. The van der Waals surface area contributed by atoms with Gasteiger partial charge < -0.3 is 29.6 Å². The van der Waals surface area contributed by atoms with Crippen molar-refractivity contribution in [3.8, 4) is 11.5 Å². The summed E-state index contributed by atoms with van der Waals surface area (Å²) < 4.78 is 21.2. The van der Waals surface area contributed by atoms with E-state index in [1.807, 2.05) is 18.2 Å². The molecule has 140 valence electrons. The maximum Gasteiger partial charge on any atom is 0.314 e. The van der Waals surface area contributed by atoms with Gasteiger partial charge in [0.2, 0.25) is 0 Å². The third-order valence-electron chi connectivity index (χ3n) is 4.62. The molecule has 25 heavy (non-hydrogen) atoms. The van der Waals surface area contributed by atoms with E-state index in [2.05, 4.69) is 10.6 Å². The van der Waals surface area contributed by atoms with Gasteiger partial charge in [0.15, 0.2) is 11.5 Å². The van der Waals surface area contributed by atoms with Crippen molar-refractivity contribution >= 4 is 6.03 Å². The van der Waals surface area contributed by atoms with Gasteiger partial charge in [-0.3, -0.25) is 0 Å². The van der Waals surface area contributed by atoms with Gasteiger partial charge in [0, 0.05) is 38.8 Å². The monoisotopic (exact) mass is 352 g/mol. The summed E-state index contributed by atoms with van der Waals surface area (Å²) in [5.41, 5.74) is 0.932. The quantitative estimate of drug-likeness (QED) is 0.696. The molecule has 1 aromatic rings. The average Bonchev–Trinajstić information content (AvgIpc) is 2.66. The molecule has 1 aromatic carbocycles. The van der Waals surface area contributed by atoms with Crippen molar-refractivity contribution in [3.63, 3.8) is 0 Å². The highest BCUT2D eigenvalue weighted by atomic mass is 16.5. The molecule has 2 N–H and O–H groups in total. The lowest BCUT2D eigenvalue weighted by Gasteiger charge is -2.38. The van der Waals surface area contributed by atoms with E-state index in [0.29, 0.717) is 44.4 Å². The van der Waals surface area contributed by atoms with E-state index in [1.54, 1.807) is 21.3 Å². The average molecular weight is 352 g/mol. The lowest BCUT2D eigenvalue weighted by atomic mass is 9.74. The maximum atomic E-state index is 12.0. The van der Waals surface area contributed by atoms with Crippen LogP contribution in [0.4, 0.5) is 4.79 Å². The molecule has 0 aromatic heterocycles. The van der Waals surface area contributed by atoms with E-state index >= 15 is 0 Å². The fourth-order valence-electron chi connectivity index (χ4n) is 3.07. The normalized spacial score (nSPS) is 16.1. The van der Waals surface area contributed by atoms with Crippen molar-refractivity contribution in [3.05, 3.63) is 23.8 Å². The molecule has 1 aliphatic rings. The van der Waals surface area contributed by atoms with Gasteiger partial charge in [-0.15, -0.1) is 0 Å². The third kappa shape index (κ3) is 4.99. The molecule has 1 heterocycles. The van der Waals surface area contributed by atoms with Crippen LogP contribution in [-0.4, -0.2) is 60.3 Å². The Bertz CT molecular complexity index is 558. The van der Waals surface area contributed by atoms with Crippen LogP contribution in [0.3, 0.4) is 0 Å². The number of amides is 2. The third-order valence-corrected chi connectivity index (χ3v) is 4.62. The SMILES string of the molecule is COCCNC(=O)NCC1(c2ccc(OC)c(OC)c2)CCOCC1. The second-order valence-corrected chi connectivity index (χ2v) is 6.06. The number of hydrogen-bond donors (Lipinski definition) is 2. The van der Waals surface area contributed by atoms with Crippen LogP contribution < -0.4 is 20.1 Å². The molecule has 0 bridgehead atoms. The van der Waals surface area contributed by atoms with Crippen LogP contribution in [0, 0.1) is 0 Å². The number of carbonyl (C=O) groups is 1.